The highest BCUT2D eigenvalue weighted by atomic mass is 16.2. The van der Waals surface area contributed by atoms with Crippen LogP contribution in [0.15, 0.2) is 42.7 Å². The predicted octanol–water partition coefficient (Wildman–Crippen LogP) is 2.42. The number of hydrogen-bond donors (Lipinski definition) is 2. The van der Waals surface area contributed by atoms with E-state index in [1.54, 1.807) is 10.9 Å². The van der Waals surface area contributed by atoms with Gasteiger partial charge in [0.1, 0.15) is 0 Å². The summed E-state index contributed by atoms with van der Waals surface area (Å²) >= 11 is 0. The molecule has 2 atom stereocenters. The zero-order chi connectivity index (χ0) is 16.3. The minimum absolute atomic E-state index is 0.114. The van der Waals surface area contributed by atoms with E-state index in [-0.39, 0.29) is 17.4 Å². The number of nitrogens with zero attached hydrogens (tertiary/aromatic N) is 2. The van der Waals surface area contributed by atoms with Crippen LogP contribution in [0.2, 0.25) is 0 Å². The molecule has 0 spiro atoms. The highest BCUT2D eigenvalue weighted by molar-refractivity contribution is 5.82. The van der Waals surface area contributed by atoms with E-state index in [0.29, 0.717) is 0 Å². The van der Waals surface area contributed by atoms with Crippen molar-refractivity contribution in [1.29, 1.82) is 0 Å². The third kappa shape index (κ3) is 3.74. The summed E-state index contributed by atoms with van der Waals surface area (Å²) in [6, 6.07) is 9.16. The van der Waals surface area contributed by atoms with Crippen molar-refractivity contribution in [1.82, 2.24) is 15.1 Å². The van der Waals surface area contributed by atoms with E-state index in [2.05, 4.69) is 10.4 Å². The zero-order valence-corrected chi connectivity index (χ0v) is 13.6. The average molecular weight is 300 g/mol. The van der Waals surface area contributed by atoms with Crippen molar-refractivity contribution in [3.05, 3.63) is 48.3 Å². The molecule has 1 aromatic heterocycles. The largest absolute Gasteiger partial charge is 0.348 e. The van der Waals surface area contributed by atoms with Crippen molar-refractivity contribution in [3.8, 4) is 5.69 Å². The van der Waals surface area contributed by atoms with E-state index in [1.807, 2.05) is 64.2 Å². The fourth-order valence-electron chi connectivity index (χ4n) is 2.14. The molecule has 0 bridgehead atoms. The van der Waals surface area contributed by atoms with Crippen LogP contribution >= 0.6 is 0 Å². The van der Waals surface area contributed by atoms with Gasteiger partial charge in [-0.05, 0) is 36.1 Å². The Morgan fingerprint density at radius 2 is 2.05 bits per heavy atom. The number of amides is 1. The molecule has 22 heavy (non-hydrogen) atoms. The van der Waals surface area contributed by atoms with Crippen LogP contribution in [0, 0.1) is 5.41 Å². The Labute approximate surface area is 131 Å². The standard InChI is InChI=1S/C17H24N4O/c1-12(20-16(22)15(18)17(2,3)4)13-7-5-8-14(11-13)21-10-6-9-19-21/h5-12,15H,18H2,1-4H3,(H,20,22)/t12?,15-/m1/s1. The Hall–Kier alpha value is -2.14. The normalized spacial score (nSPS) is 14.4. The van der Waals surface area contributed by atoms with E-state index in [9.17, 15) is 4.79 Å². The van der Waals surface area contributed by atoms with Gasteiger partial charge < -0.3 is 11.1 Å². The first-order chi connectivity index (χ1) is 10.3. The SMILES string of the molecule is CC(NC(=O)[C@@H](N)C(C)(C)C)c1cccc(-n2cccn2)c1. The molecule has 1 heterocycles. The molecule has 0 saturated heterocycles. The van der Waals surface area contributed by atoms with Gasteiger partial charge in [0.25, 0.3) is 0 Å². The molecule has 1 aromatic carbocycles. The third-order valence-corrected chi connectivity index (χ3v) is 3.71. The molecule has 118 valence electrons. The van der Waals surface area contributed by atoms with Crippen LogP contribution in [0.1, 0.15) is 39.3 Å². The lowest BCUT2D eigenvalue weighted by Crippen LogP contribution is -2.49. The molecule has 2 rings (SSSR count). The number of nitrogens with one attached hydrogen (secondary N) is 1. The van der Waals surface area contributed by atoms with Gasteiger partial charge in [-0.25, -0.2) is 4.68 Å². The minimum atomic E-state index is -0.538. The van der Waals surface area contributed by atoms with Gasteiger partial charge in [-0.15, -0.1) is 0 Å². The third-order valence-electron chi connectivity index (χ3n) is 3.71. The summed E-state index contributed by atoms with van der Waals surface area (Å²) in [6.45, 7) is 7.83. The second-order valence-electron chi connectivity index (χ2n) is 6.62. The summed E-state index contributed by atoms with van der Waals surface area (Å²) < 4.78 is 1.79. The first kappa shape index (κ1) is 16.2. The number of aromatic nitrogens is 2. The number of nitrogens with two attached hydrogens (primary N) is 1. The zero-order valence-electron chi connectivity index (χ0n) is 13.6. The van der Waals surface area contributed by atoms with Crippen molar-refractivity contribution in [2.45, 2.75) is 39.8 Å². The molecule has 0 aliphatic carbocycles. The molecule has 5 heteroatoms. The molecule has 0 aliphatic heterocycles. The maximum absolute atomic E-state index is 12.2. The van der Waals surface area contributed by atoms with Crippen LogP contribution in [0.25, 0.3) is 5.69 Å². The molecular weight excluding hydrogens is 276 g/mol. The molecule has 0 aliphatic rings. The van der Waals surface area contributed by atoms with E-state index in [0.717, 1.165) is 11.3 Å². The topological polar surface area (TPSA) is 72.9 Å². The number of carbonyl (C=O) groups excluding carboxylic acids is 1. The molecule has 0 fully saturated rings. The Morgan fingerprint density at radius 1 is 1.32 bits per heavy atom. The quantitative estimate of drug-likeness (QED) is 0.910. The summed E-state index contributed by atoms with van der Waals surface area (Å²) in [4.78, 5) is 12.2. The average Bonchev–Trinajstić information content (AvgIpc) is 2.99. The van der Waals surface area contributed by atoms with Crippen LogP contribution in [0.5, 0.6) is 0 Å². The van der Waals surface area contributed by atoms with Gasteiger partial charge in [-0.3, -0.25) is 4.79 Å². The first-order valence-electron chi connectivity index (χ1n) is 7.45. The van der Waals surface area contributed by atoms with E-state index in [1.165, 1.54) is 0 Å². The molecule has 1 unspecified atom stereocenters. The van der Waals surface area contributed by atoms with Crippen molar-refractivity contribution in [2.75, 3.05) is 0 Å². The molecule has 2 aromatic rings. The summed E-state index contributed by atoms with van der Waals surface area (Å²) in [6.07, 6.45) is 3.62. The summed E-state index contributed by atoms with van der Waals surface area (Å²) in [7, 11) is 0. The van der Waals surface area contributed by atoms with Gasteiger partial charge in [0, 0.05) is 12.4 Å². The van der Waals surface area contributed by atoms with Crippen molar-refractivity contribution in [2.24, 2.45) is 11.1 Å². The number of carbonyl (C=O) groups is 1. The maximum Gasteiger partial charge on any atom is 0.237 e. The van der Waals surface area contributed by atoms with Crippen LogP contribution in [-0.2, 0) is 4.79 Å². The van der Waals surface area contributed by atoms with Crippen LogP contribution in [-0.4, -0.2) is 21.7 Å². The molecule has 3 N–H and O–H groups in total. The van der Waals surface area contributed by atoms with E-state index >= 15 is 0 Å². The minimum Gasteiger partial charge on any atom is -0.348 e. The monoisotopic (exact) mass is 300 g/mol. The van der Waals surface area contributed by atoms with Crippen molar-refractivity contribution >= 4 is 5.91 Å². The Kier molecular flexibility index (Phi) is 4.66. The number of hydrogen-bond acceptors (Lipinski definition) is 3. The number of rotatable bonds is 4. The lowest BCUT2D eigenvalue weighted by Gasteiger charge is -2.27. The predicted molar refractivity (Wildman–Crippen MR) is 87.6 cm³/mol. The van der Waals surface area contributed by atoms with Crippen LogP contribution in [0.4, 0.5) is 0 Å². The fourth-order valence-corrected chi connectivity index (χ4v) is 2.14. The van der Waals surface area contributed by atoms with Gasteiger partial charge in [0.05, 0.1) is 17.8 Å². The van der Waals surface area contributed by atoms with Crippen molar-refractivity contribution < 1.29 is 4.79 Å². The Bertz CT molecular complexity index is 628. The second-order valence-corrected chi connectivity index (χ2v) is 6.62. The molecule has 1 amide bonds. The summed E-state index contributed by atoms with van der Waals surface area (Å²) in [5.74, 6) is -0.135. The van der Waals surface area contributed by atoms with Crippen LogP contribution in [0.3, 0.4) is 0 Å². The molecule has 0 saturated carbocycles. The number of benzene rings is 1. The summed E-state index contributed by atoms with van der Waals surface area (Å²) in [5.41, 5.74) is 7.72. The second kappa shape index (κ2) is 6.32. The molecular formula is C17H24N4O. The van der Waals surface area contributed by atoms with Gasteiger partial charge in [-0.1, -0.05) is 32.9 Å². The van der Waals surface area contributed by atoms with Gasteiger partial charge in [-0.2, -0.15) is 5.10 Å². The Balaban J connectivity index is 2.12. The van der Waals surface area contributed by atoms with Crippen molar-refractivity contribution in [3.63, 3.8) is 0 Å². The van der Waals surface area contributed by atoms with Crippen LogP contribution < -0.4 is 11.1 Å². The fraction of sp³-hybridized carbons (Fsp3) is 0.412. The summed E-state index contributed by atoms with van der Waals surface area (Å²) in [5, 5.41) is 7.20. The highest BCUT2D eigenvalue weighted by Gasteiger charge is 2.28. The smallest absolute Gasteiger partial charge is 0.237 e. The van der Waals surface area contributed by atoms with Gasteiger partial charge in [0.15, 0.2) is 0 Å². The highest BCUT2D eigenvalue weighted by Crippen LogP contribution is 2.20. The van der Waals surface area contributed by atoms with Gasteiger partial charge in [0.2, 0.25) is 5.91 Å². The lowest BCUT2D eigenvalue weighted by molar-refractivity contribution is -0.125. The van der Waals surface area contributed by atoms with E-state index in [4.69, 9.17) is 5.73 Å². The molecule has 5 nitrogen and oxygen atoms in total. The maximum atomic E-state index is 12.2. The molecule has 0 radical (unpaired) electrons. The van der Waals surface area contributed by atoms with Gasteiger partial charge >= 0.3 is 0 Å². The van der Waals surface area contributed by atoms with E-state index < -0.39 is 6.04 Å². The Morgan fingerprint density at radius 3 is 2.64 bits per heavy atom. The first-order valence-corrected chi connectivity index (χ1v) is 7.45. The lowest BCUT2D eigenvalue weighted by atomic mass is 9.86.